The highest BCUT2D eigenvalue weighted by atomic mass is 16.4. The van der Waals surface area contributed by atoms with E-state index < -0.39 is 11.9 Å². The Labute approximate surface area is 105 Å². The Kier molecular flexibility index (Phi) is 3.64. The van der Waals surface area contributed by atoms with Crippen LogP contribution in [0, 0.1) is 5.92 Å². The van der Waals surface area contributed by atoms with Gasteiger partial charge in [0, 0.05) is 13.1 Å². The maximum absolute atomic E-state index is 11.9. The molecule has 0 fully saturated rings. The van der Waals surface area contributed by atoms with Crippen molar-refractivity contribution >= 4 is 11.9 Å². The number of nitrogens with zero attached hydrogens (tertiary/aromatic N) is 2. The summed E-state index contributed by atoms with van der Waals surface area (Å²) in [6.07, 6.45) is 4.59. The van der Waals surface area contributed by atoms with E-state index in [0.29, 0.717) is 5.56 Å². The minimum Gasteiger partial charge on any atom is -0.481 e. The average molecular weight is 251 g/mol. The molecule has 1 amide bonds. The van der Waals surface area contributed by atoms with Gasteiger partial charge in [-0.1, -0.05) is 6.92 Å². The summed E-state index contributed by atoms with van der Waals surface area (Å²) >= 11 is 0. The fourth-order valence-electron chi connectivity index (χ4n) is 2.04. The molecular formula is C12H17N3O3. The van der Waals surface area contributed by atoms with Gasteiger partial charge in [-0.05, 0) is 19.3 Å². The lowest BCUT2D eigenvalue weighted by atomic mass is 10.1. The minimum atomic E-state index is -0.910. The van der Waals surface area contributed by atoms with Gasteiger partial charge in [0.1, 0.15) is 0 Å². The molecule has 0 aliphatic carbocycles. The number of hydrogen-bond acceptors (Lipinski definition) is 3. The van der Waals surface area contributed by atoms with E-state index in [1.165, 1.54) is 0 Å². The monoisotopic (exact) mass is 251 g/mol. The zero-order valence-corrected chi connectivity index (χ0v) is 10.3. The summed E-state index contributed by atoms with van der Waals surface area (Å²) in [6.45, 7) is 2.56. The van der Waals surface area contributed by atoms with E-state index in [1.54, 1.807) is 13.1 Å². The Morgan fingerprint density at radius 2 is 2.33 bits per heavy atom. The molecule has 1 aromatic heterocycles. The lowest BCUT2D eigenvalue weighted by Crippen LogP contribution is -2.32. The van der Waals surface area contributed by atoms with Gasteiger partial charge in [-0.2, -0.15) is 5.10 Å². The Balaban J connectivity index is 2.01. The van der Waals surface area contributed by atoms with Gasteiger partial charge in [-0.15, -0.1) is 0 Å². The molecule has 6 nitrogen and oxygen atoms in total. The summed E-state index contributed by atoms with van der Waals surface area (Å²) < 4.78 is 1.86. The molecule has 1 aromatic rings. The number of carbonyl (C=O) groups excluding carboxylic acids is 1. The minimum absolute atomic E-state index is 0.138. The Morgan fingerprint density at radius 1 is 1.56 bits per heavy atom. The molecule has 0 saturated heterocycles. The van der Waals surface area contributed by atoms with Crippen LogP contribution in [-0.4, -0.2) is 33.3 Å². The predicted molar refractivity (Wildman–Crippen MR) is 64.3 cm³/mol. The molecule has 0 bridgehead atoms. The standard InChI is InChI=1S/C12H17N3O3/c1-8(12(17)18)6-13-11(16)9-7-14-15-5-3-2-4-10(9)15/h7-8H,2-6H2,1H3,(H,13,16)(H,17,18). The number of carboxylic acid groups (broad SMARTS) is 1. The Morgan fingerprint density at radius 3 is 3.06 bits per heavy atom. The lowest BCUT2D eigenvalue weighted by molar-refractivity contribution is -0.140. The van der Waals surface area contributed by atoms with Crippen LogP contribution in [0.25, 0.3) is 0 Å². The molecule has 0 spiro atoms. The van der Waals surface area contributed by atoms with Gasteiger partial charge >= 0.3 is 5.97 Å². The van der Waals surface area contributed by atoms with Gasteiger partial charge < -0.3 is 10.4 Å². The number of fused-ring (bicyclic) bond motifs is 1. The van der Waals surface area contributed by atoms with Crippen molar-refractivity contribution in [1.82, 2.24) is 15.1 Å². The molecule has 2 N–H and O–H groups in total. The van der Waals surface area contributed by atoms with Crippen molar-refractivity contribution in [2.24, 2.45) is 5.92 Å². The SMILES string of the molecule is CC(CNC(=O)c1cnn2c1CCCC2)C(=O)O. The van der Waals surface area contributed by atoms with Crippen LogP contribution in [0.5, 0.6) is 0 Å². The molecular weight excluding hydrogens is 234 g/mol. The number of aliphatic carboxylic acids is 1. The second kappa shape index (κ2) is 5.20. The van der Waals surface area contributed by atoms with E-state index in [-0.39, 0.29) is 12.5 Å². The van der Waals surface area contributed by atoms with Gasteiger partial charge in [0.25, 0.3) is 5.91 Å². The number of aromatic nitrogens is 2. The maximum Gasteiger partial charge on any atom is 0.308 e. The number of carboxylic acids is 1. The Hall–Kier alpha value is -1.85. The van der Waals surface area contributed by atoms with Gasteiger partial charge in [0.2, 0.25) is 0 Å². The van der Waals surface area contributed by atoms with Gasteiger partial charge in [0.15, 0.2) is 0 Å². The van der Waals surface area contributed by atoms with Crippen LogP contribution in [0.4, 0.5) is 0 Å². The maximum atomic E-state index is 11.9. The third-order valence-corrected chi connectivity index (χ3v) is 3.22. The van der Waals surface area contributed by atoms with Gasteiger partial charge in [-0.25, -0.2) is 0 Å². The molecule has 2 rings (SSSR count). The lowest BCUT2D eigenvalue weighted by Gasteiger charge is -2.14. The van der Waals surface area contributed by atoms with Gasteiger partial charge in [-0.3, -0.25) is 14.3 Å². The number of carbonyl (C=O) groups is 2. The second-order valence-corrected chi connectivity index (χ2v) is 4.63. The molecule has 0 saturated carbocycles. The van der Waals surface area contributed by atoms with Crippen LogP contribution in [-0.2, 0) is 17.8 Å². The molecule has 0 aromatic carbocycles. The summed E-state index contributed by atoms with van der Waals surface area (Å²) in [5.74, 6) is -1.72. The number of nitrogens with one attached hydrogen (secondary N) is 1. The number of aryl methyl sites for hydroxylation is 1. The summed E-state index contributed by atoms with van der Waals surface area (Å²) in [6, 6.07) is 0. The summed E-state index contributed by atoms with van der Waals surface area (Å²) in [4.78, 5) is 22.6. The number of hydrogen-bond donors (Lipinski definition) is 2. The molecule has 1 aliphatic rings. The topological polar surface area (TPSA) is 84.2 Å². The smallest absolute Gasteiger partial charge is 0.308 e. The van der Waals surface area contributed by atoms with E-state index in [1.807, 2.05) is 4.68 Å². The van der Waals surface area contributed by atoms with Crippen molar-refractivity contribution in [3.63, 3.8) is 0 Å². The van der Waals surface area contributed by atoms with E-state index >= 15 is 0 Å². The average Bonchev–Trinajstić information content (AvgIpc) is 2.79. The zero-order valence-electron chi connectivity index (χ0n) is 10.3. The summed E-state index contributed by atoms with van der Waals surface area (Å²) in [5.41, 5.74) is 1.54. The van der Waals surface area contributed by atoms with E-state index in [0.717, 1.165) is 31.5 Å². The highest BCUT2D eigenvalue weighted by molar-refractivity contribution is 5.95. The molecule has 1 atom stereocenters. The number of amides is 1. The fraction of sp³-hybridized carbons (Fsp3) is 0.583. The third-order valence-electron chi connectivity index (χ3n) is 3.22. The largest absolute Gasteiger partial charge is 0.481 e. The molecule has 98 valence electrons. The first-order valence-electron chi connectivity index (χ1n) is 6.15. The zero-order chi connectivity index (χ0) is 13.1. The quantitative estimate of drug-likeness (QED) is 0.823. The molecule has 1 unspecified atom stereocenters. The summed E-state index contributed by atoms with van der Waals surface area (Å²) in [5, 5.41) is 15.6. The highest BCUT2D eigenvalue weighted by Crippen LogP contribution is 2.17. The molecule has 1 aliphatic heterocycles. The first kappa shape index (κ1) is 12.6. The fourth-order valence-corrected chi connectivity index (χ4v) is 2.04. The van der Waals surface area contributed by atoms with Crippen molar-refractivity contribution in [1.29, 1.82) is 0 Å². The van der Waals surface area contributed by atoms with Crippen molar-refractivity contribution in [3.8, 4) is 0 Å². The van der Waals surface area contributed by atoms with E-state index in [2.05, 4.69) is 10.4 Å². The predicted octanol–water partition coefficient (Wildman–Crippen LogP) is 0.670. The summed E-state index contributed by atoms with van der Waals surface area (Å²) in [7, 11) is 0. The van der Waals surface area contributed by atoms with Crippen molar-refractivity contribution in [2.45, 2.75) is 32.7 Å². The Bertz CT molecular complexity index is 467. The van der Waals surface area contributed by atoms with Crippen LogP contribution < -0.4 is 5.32 Å². The third kappa shape index (κ3) is 2.52. The van der Waals surface area contributed by atoms with Crippen LogP contribution >= 0.6 is 0 Å². The molecule has 0 radical (unpaired) electrons. The highest BCUT2D eigenvalue weighted by Gasteiger charge is 2.20. The van der Waals surface area contributed by atoms with Crippen molar-refractivity contribution in [2.75, 3.05) is 6.54 Å². The van der Waals surface area contributed by atoms with Crippen LogP contribution in [0.15, 0.2) is 6.20 Å². The molecule has 6 heteroatoms. The van der Waals surface area contributed by atoms with Gasteiger partial charge in [0.05, 0.1) is 23.4 Å². The van der Waals surface area contributed by atoms with Crippen molar-refractivity contribution in [3.05, 3.63) is 17.5 Å². The van der Waals surface area contributed by atoms with E-state index in [4.69, 9.17) is 5.11 Å². The van der Waals surface area contributed by atoms with Crippen molar-refractivity contribution < 1.29 is 14.7 Å². The van der Waals surface area contributed by atoms with E-state index in [9.17, 15) is 9.59 Å². The normalized spacial score (nSPS) is 15.8. The van der Waals surface area contributed by atoms with Crippen LogP contribution in [0.2, 0.25) is 0 Å². The second-order valence-electron chi connectivity index (χ2n) is 4.63. The van der Waals surface area contributed by atoms with Crippen LogP contribution in [0.3, 0.4) is 0 Å². The molecule has 2 heterocycles. The van der Waals surface area contributed by atoms with Crippen LogP contribution in [0.1, 0.15) is 35.8 Å². The first-order valence-corrected chi connectivity index (χ1v) is 6.15. The number of rotatable bonds is 4. The molecule has 18 heavy (non-hydrogen) atoms. The first-order chi connectivity index (χ1) is 8.59.